The van der Waals surface area contributed by atoms with Crippen molar-refractivity contribution in [3.63, 3.8) is 0 Å². The van der Waals surface area contributed by atoms with E-state index in [1.165, 1.54) is 83.6 Å². The van der Waals surface area contributed by atoms with Gasteiger partial charge in [-0.3, -0.25) is 4.79 Å². The lowest BCUT2D eigenvalue weighted by atomic mass is 10.1. The third kappa shape index (κ3) is 29.0. The van der Waals surface area contributed by atoms with Gasteiger partial charge in [-0.1, -0.05) is 83.3 Å². The molecule has 29 heavy (non-hydrogen) atoms. The highest BCUT2D eigenvalue weighted by Crippen LogP contribution is 2.10. The average Bonchev–Trinajstić information content (AvgIpc) is 2.72. The van der Waals surface area contributed by atoms with Crippen molar-refractivity contribution in [2.24, 2.45) is 0 Å². The van der Waals surface area contributed by atoms with E-state index >= 15 is 0 Å². The fourth-order valence-corrected chi connectivity index (χ4v) is 3.13. The minimum absolute atomic E-state index is 0.0856. The molecule has 0 saturated carbocycles. The largest absolute Gasteiger partial charge is 0.345 e. The molecule has 0 radical (unpaired) electrons. The molecule has 0 fully saturated rings. The highest BCUT2D eigenvalue weighted by Gasteiger charge is 1.99. The summed E-state index contributed by atoms with van der Waals surface area (Å²) in [6.45, 7) is 5.58. The van der Waals surface area contributed by atoms with Crippen LogP contribution in [0.5, 0.6) is 0 Å². The molecule has 0 bridgehead atoms. The van der Waals surface area contributed by atoms with Gasteiger partial charge in [-0.2, -0.15) is 0 Å². The van der Waals surface area contributed by atoms with Crippen LogP contribution in [0.3, 0.4) is 0 Å². The Hall–Kier alpha value is -1.27. The van der Waals surface area contributed by atoms with Crippen LogP contribution >= 0.6 is 0 Å². The van der Waals surface area contributed by atoms with Crippen molar-refractivity contribution in [3.05, 3.63) is 12.2 Å². The third-order valence-electron chi connectivity index (χ3n) is 4.81. The summed E-state index contributed by atoms with van der Waals surface area (Å²) in [5.74, 6) is 2.51. The lowest BCUT2D eigenvalue weighted by Gasteiger charge is -2.08. The summed E-state index contributed by atoms with van der Waals surface area (Å²) in [6, 6.07) is 0. The van der Waals surface area contributed by atoms with Crippen LogP contribution in [-0.4, -0.2) is 38.0 Å². The first kappa shape index (κ1) is 29.9. The lowest BCUT2D eigenvalue weighted by molar-refractivity contribution is -0.120. The van der Waals surface area contributed by atoms with Crippen molar-refractivity contribution < 1.29 is 4.79 Å². The van der Waals surface area contributed by atoms with Gasteiger partial charge >= 0.3 is 0 Å². The van der Waals surface area contributed by atoms with Gasteiger partial charge in [0, 0.05) is 6.42 Å². The van der Waals surface area contributed by atoms with Gasteiger partial charge in [-0.05, 0) is 59.2 Å². The Balaban J connectivity index is 0. The summed E-state index contributed by atoms with van der Waals surface area (Å²) in [4.78, 5) is 13.6. The van der Waals surface area contributed by atoms with Crippen LogP contribution in [0.4, 0.5) is 0 Å². The summed E-state index contributed by atoms with van der Waals surface area (Å²) in [6.07, 6.45) is 28.4. The van der Waals surface area contributed by atoms with Crippen LogP contribution in [0.15, 0.2) is 12.2 Å². The quantitative estimate of drug-likeness (QED) is 0.146. The first-order valence-electron chi connectivity index (χ1n) is 12.2. The molecule has 0 aromatic heterocycles. The van der Waals surface area contributed by atoms with Gasteiger partial charge in [0.1, 0.15) is 0 Å². The topological polar surface area (TPSA) is 32.3 Å². The molecule has 3 nitrogen and oxygen atoms in total. The zero-order valence-corrected chi connectivity index (χ0v) is 20.1. The molecule has 0 aromatic carbocycles. The second-order valence-electron chi connectivity index (χ2n) is 7.83. The molecule has 0 heterocycles. The molecule has 170 valence electrons. The van der Waals surface area contributed by atoms with Crippen LogP contribution in [0, 0.1) is 12.3 Å². The number of unbranched alkanes of at least 4 members (excludes halogenated alkanes) is 12. The Bertz CT molecular complexity index is 396. The minimum atomic E-state index is 0.0856. The third-order valence-corrected chi connectivity index (χ3v) is 4.81. The summed E-state index contributed by atoms with van der Waals surface area (Å²) >= 11 is 0. The van der Waals surface area contributed by atoms with Crippen molar-refractivity contribution in [3.8, 4) is 12.3 Å². The van der Waals surface area contributed by atoms with Crippen molar-refractivity contribution >= 4 is 5.91 Å². The van der Waals surface area contributed by atoms with Crippen LogP contribution in [0.2, 0.25) is 0 Å². The standard InChI is InChI=1S/C24H44N2O.C2H6/c1-4-22-25-24(27)21-19-17-15-13-11-9-7-5-6-8-10-12-14-16-18-20-23-26(2)3;1-2/h1,5-6H,7-23H2,2-3H3,(H,25,27);1-2H3. The predicted octanol–water partition coefficient (Wildman–Crippen LogP) is 6.73. The monoisotopic (exact) mass is 406 g/mol. The number of nitrogens with zero attached hydrogens (tertiary/aromatic N) is 1. The number of hydrogen-bond donors (Lipinski definition) is 1. The zero-order valence-electron chi connectivity index (χ0n) is 20.1. The summed E-state index contributed by atoms with van der Waals surface area (Å²) in [5, 5.41) is 2.71. The van der Waals surface area contributed by atoms with E-state index in [2.05, 4.69) is 42.4 Å². The van der Waals surface area contributed by atoms with Crippen LogP contribution < -0.4 is 5.32 Å². The number of allylic oxidation sites excluding steroid dienone is 2. The molecule has 0 atom stereocenters. The first-order valence-corrected chi connectivity index (χ1v) is 12.2. The number of amides is 1. The summed E-state index contributed by atoms with van der Waals surface area (Å²) in [5.41, 5.74) is 0. The highest BCUT2D eigenvalue weighted by atomic mass is 16.1. The van der Waals surface area contributed by atoms with Crippen LogP contribution in [0.25, 0.3) is 0 Å². The SMILES string of the molecule is C#CCNC(=O)CCCCCCCCC=CCCCCCCCCN(C)C.CC. The molecule has 0 aliphatic heterocycles. The molecule has 0 aliphatic carbocycles. The van der Waals surface area contributed by atoms with Crippen molar-refractivity contribution in [2.45, 2.75) is 110 Å². The number of carbonyl (C=O) groups excluding carboxylic acids is 1. The van der Waals surface area contributed by atoms with Crippen molar-refractivity contribution in [1.29, 1.82) is 0 Å². The van der Waals surface area contributed by atoms with Gasteiger partial charge in [-0.25, -0.2) is 0 Å². The second kappa shape index (κ2) is 26.7. The molecule has 1 N–H and O–H groups in total. The van der Waals surface area contributed by atoms with E-state index in [0.29, 0.717) is 13.0 Å². The average molecular weight is 407 g/mol. The zero-order chi connectivity index (χ0) is 22.0. The lowest BCUT2D eigenvalue weighted by Crippen LogP contribution is -2.22. The van der Waals surface area contributed by atoms with Crippen molar-refractivity contribution in [2.75, 3.05) is 27.2 Å². The molecule has 0 unspecified atom stereocenters. The predicted molar refractivity (Wildman–Crippen MR) is 130 cm³/mol. The van der Waals surface area contributed by atoms with E-state index in [0.717, 1.165) is 12.8 Å². The molecule has 0 spiro atoms. The molecule has 0 aromatic rings. The number of rotatable bonds is 19. The fourth-order valence-electron chi connectivity index (χ4n) is 3.13. The molecular formula is C26H50N2O. The maximum atomic E-state index is 11.4. The number of carbonyl (C=O) groups is 1. The molecular weight excluding hydrogens is 356 g/mol. The smallest absolute Gasteiger partial charge is 0.220 e. The molecule has 0 rings (SSSR count). The first-order chi connectivity index (χ1) is 14.2. The minimum Gasteiger partial charge on any atom is -0.345 e. The van der Waals surface area contributed by atoms with Crippen LogP contribution in [-0.2, 0) is 4.79 Å². The van der Waals surface area contributed by atoms with E-state index in [9.17, 15) is 4.79 Å². The normalized spacial score (nSPS) is 10.6. The van der Waals surface area contributed by atoms with Crippen LogP contribution in [0.1, 0.15) is 110 Å². The second-order valence-corrected chi connectivity index (χ2v) is 7.83. The number of terminal acetylenes is 1. The molecule has 0 aliphatic rings. The molecule has 1 amide bonds. The highest BCUT2D eigenvalue weighted by molar-refractivity contribution is 5.76. The maximum Gasteiger partial charge on any atom is 0.220 e. The van der Waals surface area contributed by atoms with Gasteiger partial charge < -0.3 is 10.2 Å². The van der Waals surface area contributed by atoms with Gasteiger partial charge in [0.25, 0.3) is 0 Å². The van der Waals surface area contributed by atoms with Gasteiger partial charge in [0.05, 0.1) is 6.54 Å². The summed E-state index contributed by atoms with van der Waals surface area (Å²) < 4.78 is 0. The van der Waals surface area contributed by atoms with E-state index in [4.69, 9.17) is 6.42 Å². The van der Waals surface area contributed by atoms with Gasteiger partial charge in [0.2, 0.25) is 5.91 Å². The Morgan fingerprint density at radius 3 is 1.72 bits per heavy atom. The Labute approximate surface area is 183 Å². The molecule has 3 heteroatoms. The Morgan fingerprint density at radius 1 is 0.793 bits per heavy atom. The Morgan fingerprint density at radius 2 is 1.24 bits per heavy atom. The molecule has 0 saturated heterocycles. The fraction of sp³-hybridized carbons (Fsp3) is 0.808. The van der Waals surface area contributed by atoms with Gasteiger partial charge in [0.15, 0.2) is 0 Å². The van der Waals surface area contributed by atoms with E-state index < -0.39 is 0 Å². The maximum absolute atomic E-state index is 11.4. The van der Waals surface area contributed by atoms with E-state index in [1.54, 1.807) is 0 Å². The number of hydrogen-bond acceptors (Lipinski definition) is 2. The van der Waals surface area contributed by atoms with E-state index in [1.807, 2.05) is 13.8 Å². The summed E-state index contributed by atoms with van der Waals surface area (Å²) in [7, 11) is 4.30. The van der Waals surface area contributed by atoms with E-state index in [-0.39, 0.29) is 5.91 Å². The Kier molecular flexibility index (Phi) is 27.6. The van der Waals surface area contributed by atoms with Crippen molar-refractivity contribution in [1.82, 2.24) is 10.2 Å². The number of nitrogens with one attached hydrogen (secondary N) is 1. The van der Waals surface area contributed by atoms with Gasteiger partial charge in [-0.15, -0.1) is 6.42 Å².